The minimum Gasteiger partial charge on any atom is -0.456 e. The minimum atomic E-state index is 0. The number of fused-ring (bicyclic) bond motifs is 9. The highest BCUT2D eigenvalue weighted by molar-refractivity contribution is 6.07. The van der Waals surface area contributed by atoms with Crippen molar-refractivity contribution in [1.82, 2.24) is 30.0 Å². The lowest BCUT2D eigenvalue weighted by Gasteiger charge is -1.99. The maximum atomic E-state index is 6.33. The SMILES string of the molecule is C.c1ccc2c(c1)ccc1nn(-c3ccc4c(c3)oc3cc(-n5nc6ccc7ccccc7c6n5)ccc34)nc12. The molecule has 7 heteroatoms. The summed E-state index contributed by atoms with van der Waals surface area (Å²) in [5, 5.41) is 25.6. The molecule has 0 bridgehead atoms. The molecular weight excluding hydrogens is 496 g/mol. The average Bonchev–Trinajstić information content (AvgIpc) is 3.71. The second-order valence-corrected chi connectivity index (χ2v) is 9.75. The van der Waals surface area contributed by atoms with E-state index in [9.17, 15) is 0 Å². The molecule has 40 heavy (non-hydrogen) atoms. The van der Waals surface area contributed by atoms with Crippen LogP contribution in [-0.4, -0.2) is 30.0 Å². The Kier molecular flexibility index (Phi) is 4.61. The van der Waals surface area contributed by atoms with Gasteiger partial charge in [-0.05, 0) is 47.2 Å². The van der Waals surface area contributed by atoms with E-state index in [1.165, 1.54) is 0 Å². The fourth-order valence-electron chi connectivity index (χ4n) is 5.53. The topological polar surface area (TPSA) is 74.6 Å². The van der Waals surface area contributed by atoms with E-state index < -0.39 is 0 Å². The quantitative estimate of drug-likeness (QED) is 0.232. The van der Waals surface area contributed by atoms with Crippen LogP contribution in [0.25, 0.3) is 76.9 Å². The minimum absolute atomic E-state index is 0. The number of hydrogen-bond donors (Lipinski definition) is 0. The van der Waals surface area contributed by atoms with Gasteiger partial charge in [0, 0.05) is 33.7 Å². The molecule has 7 nitrogen and oxygen atoms in total. The molecule has 0 atom stereocenters. The molecule has 9 rings (SSSR count). The highest BCUT2D eigenvalue weighted by Crippen LogP contribution is 2.32. The molecule has 0 saturated carbocycles. The zero-order valence-electron chi connectivity index (χ0n) is 20.5. The zero-order valence-corrected chi connectivity index (χ0v) is 20.5. The summed E-state index contributed by atoms with van der Waals surface area (Å²) in [6.45, 7) is 0. The van der Waals surface area contributed by atoms with Crippen LogP contribution in [0.15, 0.2) is 114 Å². The summed E-state index contributed by atoms with van der Waals surface area (Å²) in [5.74, 6) is 0. The number of nitrogens with zero attached hydrogens (tertiary/aromatic N) is 6. The van der Waals surface area contributed by atoms with Crippen LogP contribution < -0.4 is 0 Å². The van der Waals surface area contributed by atoms with Gasteiger partial charge < -0.3 is 4.42 Å². The molecule has 0 saturated heterocycles. The van der Waals surface area contributed by atoms with Crippen molar-refractivity contribution in [3.8, 4) is 11.4 Å². The summed E-state index contributed by atoms with van der Waals surface area (Å²) < 4.78 is 6.33. The van der Waals surface area contributed by atoms with E-state index in [2.05, 4.69) is 48.5 Å². The van der Waals surface area contributed by atoms with Gasteiger partial charge in [-0.1, -0.05) is 68.1 Å². The lowest BCUT2D eigenvalue weighted by Crippen LogP contribution is -1.97. The van der Waals surface area contributed by atoms with Crippen molar-refractivity contribution in [2.45, 2.75) is 7.43 Å². The normalized spacial score (nSPS) is 11.8. The van der Waals surface area contributed by atoms with Crippen molar-refractivity contribution in [1.29, 1.82) is 0 Å². The molecule has 0 amide bonds. The Bertz CT molecular complexity index is 2240. The third kappa shape index (κ3) is 3.18. The first-order chi connectivity index (χ1) is 19.3. The Morgan fingerprint density at radius 1 is 0.450 bits per heavy atom. The van der Waals surface area contributed by atoms with Crippen LogP contribution in [0.4, 0.5) is 0 Å². The number of benzene rings is 6. The summed E-state index contributed by atoms with van der Waals surface area (Å²) in [5.41, 5.74) is 6.71. The highest BCUT2D eigenvalue weighted by Gasteiger charge is 2.14. The maximum absolute atomic E-state index is 6.33. The van der Waals surface area contributed by atoms with E-state index in [4.69, 9.17) is 24.8 Å². The van der Waals surface area contributed by atoms with Gasteiger partial charge in [-0.15, -0.1) is 20.4 Å². The average molecular weight is 519 g/mol. The van der Waals surface area contributed by atoms with Gasteiger partial charge in [0.2, 0.25) is 0 Å². The zero-order chi connectivity index (χ0) is 25.5. The van der Waals surface area contributed by atoms with E-state index in [1.807, 2.05) is 60.7 Å². The van der Waals surface area contributed by atoms with Crippen molar-refractivity contribution in [2.75, 3.05) is 0 Å². The Labute approximate surface area is 227 Å². The molecule has 0 fully saturated rings. The van der Waals surface area contributed by atoms with Gasteiger partial charge in [0.05, 0.1) is 11.4 Å². The monoisotopic (exact) mass is 518 g/mol. The van der Waals surface area contributed by atoms with Crippen LogP contribution in [-0.2, 0) is 0 Å². The smallest absolute Gasteiger partial charge is 0.137 e. The summed E-state index contributed by atoms with van der Waals surface area (Å²) >= 11 is 0. The van der Waals surface area contributed by atoms with Crippen molar-refractivity contribution >= 4 is 65.6 Å². The molecule has 0 aliphatic heterocycles. The first-order valence-electron chi connectivity index (χ1n) is 12.8. The van der Waals surface area contributed by atoms with Gasteiger partial charge in [0.1, 0.15) is 33.2 Å². The lowest BCUT2D eigenvalue weighted by atomic mass is 10.1. The summed E-state index contributed by atoms with van der Waals surface area (Å²) in [6, 6.07) is 36.8. The van der Waals surface area contributed by atoms with Crippen LogP contribution in [0.2, 0.25) is 0 Å². The van der Waals surface area contributed by atoms with Crippen LogP contribution in [0.1, 0.15) is 7.43 Å². The molecule has 9 aromatic rings. The number of furan rings is 1. The third-order valence-electron chi connectivity index (χ3n) is 7.46. The van der Waals surface area contributed by atoms with E-state index in [-0.39, 0.29) is 7.43 Å². The fourth-order valence-corrected chi connectivity index (χ4v) is 5.53. The molecule has 0 unspecified atom stereocenters. The molecular formula is C33H22N6O. The van der Waals surface area contributed by atoms with Gasteiger partial charge in [0.25, 0.3) is 0 Å². The van der Waals surface area contributed by atoms with Crippen LogP contribution >= 0.6 is 0 Å². The Balaban J connectivity index is 0.00000245. The largest absolute Gasteiger partial charge is 0.456 e. The second-order valence-electron chi connectivity index (χ2n) is 9.75. The molecule has 6 aromatic carbocycles. The standard InChI is InChI=1S/C32H18N6O.CH4/c1-3-7-23-19(5-1)9-15-27-31(23)35-37(33-27)21-11-13-25-26-14-12-22(18-30(26)39-29(25)17-21)38-34-28-16-10-20-6-2-4-8-24(20)32(28)36-38;/h1-18H;1H4. The van der Waals surface area contributed by atoms with Crippen molar-refractivity contribution in [2.24, 2.45) is 0 Å². The van der Waals surface area contributed by atoms with Crippen molar-refractivity contribution < 1.29 is 4.42 Å². The van der Waals surface area contributed by atoms with E-state index >= 15 is 0 Å². The molecule has 0 N–H and O–H groups in total. The molecule has 3 heterocycles. The Morgan fingerprint density at radius 2 is 0.925 bits per heavy atom. The van der Waals surface area contributed by atoms with E-state index in [0.717, 1.165) is 76.9 Å². The van der Waals surface area contributed by atoms with Gasteiger partial charge in [0.15, 0.2) is 0 Å². The molecule has 0 aliphatic rings. The van der Waals surface area contributed by atoms with E-state index in [0.29, 0.717) is 0 Å². The Hall–Kier alpha value is -5.56. The van der Waals surface area contributed by atoms with Gasteiger partial charge in [-0.2, -0.15) is 9.59 Å². The molecule has 0 radical (unpaired) electrons. The van der Waals surface area contributed by atoms with Crippen LogP contribution in [0, 0.1) is 0 Å². The Morgan fingerprint density at radius 3 is 1.43 bits per heavy atom. The van der Waals surface area contributed by atoms with Crippen LogP contribution in [0.5, 0.6) is 0 Å². The lowest BCUT2D eigenvalue weighted by molar-refractivity contribution is 0.664. The van der Waals surface area contributed by atoms with Crippen molar-refractivity contribution in [3.63, 3.8) is 0 Å². The first kappa shape index (κ1) is 22.4. The predicted molar refractivity (Wildman–Crippen MR) is 160 cm³/mol. The molecule has 3 aromatic heterocycles. The summed E-state index contributed by atoms with van der Waals surface area (Å²) in [4.78, 5) is 3.36. The van der Waals surface area contributed by atoms with Gasteiger partial charge in [-0.3, -0.25) is 0 Å². The number of hydrogen-bond acceptors (Lipinski definition) is 5. The summed E-state index contributed by atoms with van der Waals surface area (Å²) in [7, 11) is 0. The van der Waals surface area contributed by atoms with Gasteiger partial charge >= 0.3 is 0 Å². The predicted octanol–water partition coefficient (Wildman–Crippen LogP) is 8.00. The molecule has 0 spiro atoms. The van der Waals surface area contributed by atoms with E-state index in [1.54, 1.807) is 9.59 Å². The first-order valence-corrected chi connectivity index (χ1v) is 12.8. The second kappa shape index (κ2) is 8.22. The van der Waals surface area contributed by atoms with Crippen LogP contribution in [0.3, 0.4) is 0 Å². The fraction of sp³-hybridized carbons (Fsp3) is 0.0303. The van der Waals surface area contributed by atoms with Gasteiger partial charge in [-0.25, -0.2) is 0 Å². The number of rotatable bonds is 2. The number of aromatic nitrogens is 6. The summed E-state index contributed by atoms with van der Waals surface area (Å²) in [6.07, 6.45) is 0. The molecule has 0 aliphatic carbocycles. The maximum Gasteiger partial charge on any atom is 0.137 e. The van der Waals surface area contributed by atoms with Crippen molar-refractivity contribution in [3.05, 3.63) is 109 Å². The molecule has 190 valence electrons. The highest BCUT2D eigenvalue weighted by atomic mass is 16.3. The third-order valence-corrected chi connectivity index (χ3v) is 7.46.